The van der Waals surface area contributed by atoms with Crippen molar-refractivity contribution in [3.8, 4) is 11.5 Å². The lowest BCUT2D eigenvalue weighted by Gasteiger charge is -2.31. The van der Waals surface area contributed by atoms with E-state index in [2.05, 4.69) is 24.5 Å². The SMILES string of the molecule is CNC(C)C(=O)N[C@@H](CC(C)C)C(=O)N1CCC[C@H]1c1cccc(Oc2ccccc2)c1. The van der Waals surface area contributed by atoms with Crippen LogP contribution in [0.2, 0.25) is 0 Å². The molecule has 0 radical (unpaired) electrons. The molecular formula is C26H35N3O3. The highest BCUT2D eigenvalue weighted by Gasteiger charge is 2.35. The minimum Gasteiger partial charge on any atom is -0.457 e. The van der Waals surface area contributed by atoms with Crippen LogP contribution in [0.3, 0.4) is 0 Å². The zero-order valence-electron chi connectivity index (χ0n) is 19.5. The van der Waals surface area contributed by atoms with Crippen LogP contribution >= 0.6 is 0 Å². The summed E-state index contributed by atoms with van der Waals surface area (Å²) in [6.45, 7) is 6.63. The molecule has 1 aliphatic heterocycles. The van der Waals surface area contributed by atoms with Gasteiger partial charge in [0.05, 0.1) is 12.1 Å². The van der Waals surface area contributed by atoms with Gasteiger partial charge < -0.3 is 20.3 Å². The highest BCUT2D eigenvalue weighted by molar-refractivity contribution is 5.90. The van der Waals surface area contributed by atoms with Gasteiger partial charge in [0.25, 0.3) is 0 Å². The van der Waals surface area contributed by atoms with E-state index < -0.39 is 6.04 Å². The largest absolute Gasteiger partial charge is 0.457 e. The second-order valence-corrected chi connectivity index (χ2v) is 8.88. The smallest absolute Gasteiger partial charge is 0.245 e. The van der Waals surface area contributed by atoms with Crippen molar-refractivity contribution in [2.45, 2.75) is 58.2 Å². The molecule has 3 atom stereocenters. The van der Waals surface area contributed by atoms with Crippen LogP contribution in [0.5, 0.6) is 11.5 Å². The second-order valence-electron chi connectivity index (χ2n) is 8.88. The van der Waals surface area contributed by atoms with E-state index in [0.717, 1.165) is 29.9 Å². The molecule has 2 N–H and O–H groups in total. The normalized spacial score (nSPS) is 17.8. The minimum atomic E-state index is -0.525. The van der Waals surface area contributed by atoms with Crippen LogP contribution in [0.4, 0.5) is 0 Å². The van der Waals surface area contributed by atoms with Crippen LogP contribution < -0.4 is 15.4 Å². The summed E-state index contributed by atoms with van der Waals surface area (Å²) in [7, 11) is 1.74. The molecule has 6 nitrogen and oxygen atoms in total. The van der Waals surface area contributed by atoms with E-state index in [0.29, 0.717) is 13.0 Å². The lowest BCUT2D eigenvalue weighted by Crippen LogP contribution is -2.52. The van der Waals surface area contributed by atoms with Crippen LogP contribution in [-0.4, -0.2) is 42.4 Å². The Labute approximate surface area is 191 Å². The van der Waals surface area contributed by atoms with E-state index in [1.807, 2.05) is 59.5 Å². The van der Waals surface area contributed by atoms with Crippen LogP contribution in [0.1, 0.15) is 51.6 Å². The maximum atomic E-state index is 13.5. The monoisotopic (exact) mass is 437 g/mol. The van der Waals surface area contributed by atoms with E-state index in [9.17, 15) is 9.59 Å². The van der Waals surface area contributed by atoms with Crippen molar-refractivity contribution in [3.05, 3.63) is 60.2 Å². The zero-order chi connectivity index (χ0) is 23.1. The third kappa shape index (κ3) is 6.10. The Morgan fingerprint density at radius 2 is 1.78 bits per heavy atom. The number of hydrogen-bond donors (Lipinski definition) is 2. The Morgan fingerprint density at radius 3 is 2.47 bits per heavy atom. The van der Waals surface area contributed by atoms with Crippen molar-refractivity contribution >= 4 is 11.8 Å². The van der Waals surface area contributed by atoms with Gasteiger partial charge in [-0.2, -0.15) is 0 Å². The molecule has 0 aromatic heterocycles. The summed E-state index contributed by atoms with van der Waals surface area (Å²) >= 11 is 0. The van der Waals surface area contributed by atoms with Gasteiger partial charge in [-0.3, -0.25) is 9.59 Å². The summed E-state index contributed by atoms with van der Waals surface area (Å²) in [5.74, 6) is 1.66. The lowest BCUT2D eigenvalue weighted by atomic mass is 10.00. The number of nitrogens with zero attached hydrogens (tertiary/aromatic N) is 1. The van der Waals surface area contributed by atoms with Crippen LogP contribution in [0.15, 0.2) is 54.6 Å². The van der Waals surface area contributed by atoms with Crippen molar-refractivity contribution in [1.29, 1.82) is 0 Å². The molecule has 0 saturated carbocycles. The number of carbonyl (C=O) groups excluding carboxylic acids is 2. The second kappa shape index (κ2) is 11.1. The standard InChI is InChI=1S/C26H35N3O3/c1-18(2)16-23(28-25(30)19(3)27-4)26(31)29-15-9-14-24(29)20-10-8-13-22(17-20)32-21-11-6-5-7-12-21/h5-8,10-13,17-19,23-24,27H,9,14-16H2,1-4H3,(H,28,30)/t19?,23-,24-/m0/s1. The Balaban J connectivity index is 1.77. The molecule has 2 amide bonds. The number of amides is 2. The van der Waals surface area contributed by atoms with Crippen LogP contribution in [0, 0.1) is 5.92 Å². The van der Waals surface area contributed by atoms with Crippen LogP contribution in [0.25, 0.3) is 0 Å². The van der Waals surface area contributed by atoms with Crippen molar-refractivity contribution in [3.63, 3.8) is 0 Å². The number of benzene rings is 2. The van der Waals surface area contributed by atoms with Gasteiger partial charge in [0.2, 0.25) is 11.8 Å². The van der Waals surface area contributed by atoms with Crippen molar-refractivity contribution in [2.24, 2.45) is 5.92 Å². The molecule has 172 valence electrons. The highest BCUT2D eigenvalue weighted by Crippen LogP contribution is 2.35. The molecule has 1 fully saturated rings. The molecule has 2 aromatic rings. The van der Waals surface area contributed by atoms with E-state index >= 15 is 0 Å². The van der Waals surface area contributed by atoms with Gasteiger partial charge in [0, 0.05) is 6.54 Å². The zero-order valence-corrected chi connectivity index (χ0v) is 19.5. The number of nitrogens with one attached hydrogen (secondary N) is 2. The summed E-state index contributed by atoms with van der Waals surface area (Å²) in [6, 6.07) is 16.7. The predicted molar refractivity (Wildman–Crippen MR) is 127 cm³/mol. The minimum absolute atomic E-state index is 0.00719. The first-order chi connectivity index (χ1) is 15.4. The molecule has 0 bridgehead atoms. The van der Waals surface area contributed by atoms with Crippen LogP contribution in [-0.2, 0) is 9.59 Å². The Bertz CT molecular complexity index is 900. The topological polar surface area (TPSA) is 70.7 Å². The molecule has 1 unspecified atom stereocenters. The maximum Gasteiger partial charge on any atom is 0.245 e. The molecule has 0 aliphatic carbocycles. The highest BCUT2D eigenvalue weighted by atomic mass is 16.5. The molecule has 3 rings (SSSR count). The predicted octanol–water partition coefficient (Wildman–Crippen LogP) is 4.28. The fourth-order valence-electron chi connectivity index (χ4n) is 4.11. The fraction of sp³-hybridized carbons (Fsp3) is 0.462. The van der Waals surface area contributed by atoms with Crippen molar-refractivity contribution in [2.75, 3.05) is 13.6 Å². The van der Waals surface area contributed by atoms with E-state index in [-0.39, 0.29) is 29.8 Å². The van der Waals surface area contributed by atoms with E-state index in [1.165, 1.54) is 0 Å². The third-order valence-corrected chi connectivity index (χ3v) is 5.91. The quantitative estimate of drug-likeness (QED) is 0.614. The molecule has 0 spiro atoms. The molecule has 6 heteroatoms. The number of hydrogen-bond acceptors (Lipinski definition) is 4. The number of rotatable bonds is 9. The van der Waals surface area contributed by atoms with Gasteiger partial charge in [-0.15, -0.1) is 0 Å². The first-order valence-electron chi connectivity index (χ1n) is 11.5. The lowest BCUT2D eigenvalue weighted by molar-refractivity contribution is -0.138. The first kappa shape index (κ1) is 23.8. The Hall–Kier alpha value is -2.86. The van der Waals surface area contributed by atoms with Gasteiger partial charge in [-0.05, 0) is 69.0 Å². The fourth-order valence-corrected chi connectivity index (χ4v) is 4.11. The Morgan fingerprint density at radius 1 is 1.06 bits per heavy atom. The van der Waals surface area contributed by atoms with Gasteiger partial charge in [-0.25, -0.2) is 0 Å². The summed E-state index contributed by atoms with van der Waals surface area (Å²) < 4.78 is 6.00. The number of para-hydroxylation sites is 1. The number of carbonyl (C=O) groups is 2. The molecule has 1 aliphatic rings. The van der Waals surface area contributed by atoms with Gasteiger partial charge in [0.15, 0.2) is 0 Å². The average molecular weight is 438 g/mol. The van der Waals surface area contributed by atoms with E-state index in [1.54, 1.807) is 14.0 Å². The van der Waals surface area contributed by atoms with Crippen molar-refractivity contribution in [1.82, 2.24) is 15.5 Å². The Kier molecular flexibility index (Phi) is 8.28. The van der Waals surface area contributed by atoms with Gasteiger partial charge in [-0.1, -0.05) is 44.2 Å². The number of likely N-dealkylation sites (tertiary alicyclic amines) is 1. The molecule has 32 heavy (non-hydrogen) atoms. The summed E-state index contributed by atoms with van der Waals surface area (Å²) in [6.07, 6.45) is 2.45. The molecule has 1 saturated heterocycles. The first-order valence-corrected chi connectivity index (χ1v) is 11.5. The number of ether oxygens (including phenoxy) is 1. The molecule has 2 aromatic carbocycles. The maximum absolute atomic E-state index is 13.5. The summed E-state index contributed by atoms with van der Waals surface area (Å²) in [5, 5.41) is 5.92. The molecular weight excluding hydrogens is 402 g/mol. The van der Waals surface area contributed by atoms with Gasteiger partial charge in [0.1, 0.15) is 17.5 Å². The third-order valence-electron chi connectivity index (χ3n) is 5.91. The van der Waals surface area contributed by atoms with Crippen molar-refractivity contribution < 1.29 is 14.3 Å². The van der Waals surface area contributed by atoms with Gasteiger partial charge >= 0.3 is 0 Å². The summed E-state index contributed by atoms with van der Waals surface area (Å²) in [5.41, 5.74) is 1.06. The molecule has 1 heterocycles. The summed E-state index contributed by atoms with van der Waals surface area (Å²) in [4.78, 5) is 28.0. The van der Waals surface area contributed by atoms with E-state index in [4.69, 9.17) is 4.74 Å². The number of likely N-dealkylation sites (N-methyl/N-ethyl adjacent to an activating group) is 1. The average Bonchev–Trinajstić information content (AvgIpc) is 3.28.